The molecule has 0 atom stereocenters. The number of furan rings is 1. The van der Waals surface area contributed by atoms with Gasteiger partial charge in [-0.15, -0.1) is 0 Å². The molecule has 0 radical (unpaired) electrons. The van der Waals surface area contributed by atoms with Gasteiger partial charge in [-0.2, -0.15) is 0 Å². The first kappa shape index (κ1) is 20.2. The minimum atomic E-state index is -0.281. The van der Waals surface area contributed by atoms with Crippen LogP contribution in [0.15, 0.2) is 53.2 Å². The van der Waals surface area contributed by atoms with Crippen LogP contribution < -0.4 is 10.1 Å². The van der Waals surface area contributed by atoms with Crippen LogP contribution in [0.1, 0.15) is 44.6 Å². The Morgan fingerprint density at radius 3 is 2.60 bits per heavy atom. The van der Waals surface area contributed by atoms with E-state index in [1.54, 1.807) is 31.6 Å². The van der Waals surface area contributed by atoms with E-state index < -0.39 is 0 Å². The van der Waals surface area contributed by atoms with E-state index in [9.17, 15) is 9.18 Å². The number of rotatable bonds is 5. The van der Waals surface area contributed by atoms with E-state index in [2.05, 4.69) is 5.32 Å². The van der Waals surface area contributed by atoms with Gasteiger partial charge in [0.1, 0.15) is 17.1 Å². The molecule has 156 valence electrons. The zero-order valence-corrected chi connectivity index (χ0v) is 17.3. The molecule has 1 heterocycles. The first-order valence-electron chi connectivity index (χ1n) is 10.4. The highest BCUT2D eigenvalue weighted by atomic mass is 19.1. The molecular formula is C25H26FNO3. The Hall–Kier alpha value is -3.08. The lowest BCUT2D eigenvalue weighted by Crippen LogP contribution is -2.35. The third-order valence-corrected chi connectivity index (χ3v) is 5.77. The maximum absolute atomic E-state index is 13.3. The number of fused-ring (bicyclic) bond motifs is 1. The van der Waals surface area contributed by atoms with Crippen LogP contribution in [0.3, 0.4) is 0 Å². The fraction of sp³-hybridized carbons (Fsp3) is 0.320. The molecule has 0 bridgehead atoms. The Labute approximate surface area is 175 Å². The van der Waals surface area contributed by atoms with Crippen LogP contribution in [0.4, 0.5) is 4.39 Å². The number of nitrogens with one attached hydrogen (secondary N) is 1. The number of benzene rings is 2. The minimum absolute atomic E-state index is 0.0764. The van der Waals surface area contributed by atoms with Gasteiger partial charge >= 0.3 is 0 Å². The molecule has 4 nitrogen and oxygen atoms in total. The molecule has 1 fully saturated rings. The number of ether oxygens (including phenoxy) is 1. The molecule has 3 aromatic rings. The fourth-order valence-electron chi connectivity index (χ4n) is 4.15. The number of methoxy groups -OCH3 is 1. The molecular weight excluding hydrogens is 381 g/mol. The molecule has 0 aliphatic heterocycles. The fourth-order valence-corrected chi connectivity index (χ4v) is 4.15. The number of carbonyl (C=O) groups is 1. The number of hydrogen-bond acceptors (Lipinski definition) is 3. The summed E-state index contributed by atoms with van der Waals surface area (Å²) in [5.41, 5.74) is 4.05. The molecule has 1 aliphatic rings. The second kappa shape index (κ2) is 8.74. The standard InChI is InChI=1S/C25H26FNO3/c1-16(12-25(28)27-19-6-4-3-5-7-19)20-13-21-22(17-8-10-18(26)11-9-17)15-30-24(21)14-23(20)29-2/h8-15,19H,3-7H2,1-2H3,(H,27,28)/b16-12+. The highest BCUT2D eigenvalue weighted by Crippen LogP contribution is 2.37. The molecule has 0 unspecified atom stereocenters. The average molecular weight is 407 g/mol. The normalized spacial score (nSPS) is 15.4. The summed E-state index contributed by atoms with van der Waals surface area (Å²) in [6, 6.07) is 10.4. The first-order valence-corrected chi connectivity index (χ1v) is 10.4. The second-order valence-electron chi connectivity index (χ2n) is 7.88. The van der Waals surface area contributed by atoms with Crippen molar-refractivity contribution in [3.05, 3.63) is 60.1 Å². The van der Waals surface area contributed by atoms with Gasteiger partial charge in [-0.1, -0.05) is 31.4 Å². The predicted octanol–water partition coefficient (Wildman–Crippen LogP) is 6.10. The predicted molar refractivity (Wildman–Crippen MR) is 117 cm³/mol. The molecule has 5 heteroatoms. The lowest BCUT2D eigenvalue weighted by atomic mass is 9.95. The van der Waals surface area contributed by atoms with Gasteiger partial charge in [0.05, 0.1) is 13.4 Å². The Morgan fingerprint density at radius 1 is 1.17 bits per heavy atom. The lowest BCUT2D eigenvalue weighted by molar-refractivity contribution is -0.117. The molecule has 0 saturated heterocycles. The van der Waals surface area contributed by atoms with Gasteiger partial charge in [-0.05, 0) is 49.1 Å². The van der Waals surface area contributed by atoms with Crippen molar-refractivity contribution in [3.8, 4) is 16.9 Å². The van der Waals surface area contributed by atoms with E-state index in [-0.39, 0.29) is 17.8 Å². The highest BCUT2D eigenvalue weighted by molar-refractivity contribution is 6.00. The summed E-state index contributed by atoms with van der Waals surface area (Å²) in [6.07, 6.45) is 8.98. The molecule has 0 spiro atoms. The van der Waals surface area contributed by atoms with Crippen molar-refractivity contribution in [1.82, 2.24) is 5.32 Å². The Bertz CT molecular complexity index is 1080. The summed E-state index contributed by atoms with van der Waals surface area (Å²) >= 11 is 0. The molecule has 30 heavy (non-hydrogen) atoms. The van der Waals surface area contributed by atoms with Crippen molar-refractivity contribution in [1.29, 1.82) is 0 Å². The van der Waals surface area contributed by atoms with E-state index in [4.69, 9.17) is 9.15 Å². The number of amides is 1. The van der Waals surface area contributed by atoms with Crippen molar-refractivity contribution < 1.29 is 18.3 Å². The molecule has 1 aromatic heterocycles. The highest BCUT2D eigenvalue weighted by Gasteiger charge is 2.17. The van der Waals surface area contributed by atoms with Gasteiger partial charge in [-0.25, -0.2) is 4.39 Å². The number of halogens is 1. The van der Waals surface area contributed by atoms with Crippen LogP contribution in [0.25, 0.3) is 27.7 Å². The van der Waals surface area contributed by atoms with Gasteiger partial charge < -0.3 is 14.5 Å². The summed E-state index contributed by atoms with van der Waals surface area (Å²) in [4.78, 5) is 12.5. The third kappa shape index (κ3) is 4.25. The van der Waals surface area contributed by atoms with Crippen LogP contribution in [-0.4, -0.2) is 19.1 Å². The van der Waals surface area contributed by atoms with Crippen LogP contribution >= 0.6 is 0 Å². The Morgan fingerprint density at radius 2 is 1.90 bits per heavy atom. The van der Waals surface area contributed by atoms with E-state index in [0.29, 0.717) is 11.3 Å². The van der Waals surface area contributed by atoms with Gasteiger partial charge in [0.25, 0.3) is 0 Å². The summed E-state index contributed by atoms with van der Waals surface area (Å²) in [7, 11) is 1.60. The SMILES string of the molecule is COc1cc2occ(-c3ccc(F)cc3)c2cc1/C(C)=C/C(=O)NC1CCCCC1. The molecule has 1 aliphatic carbocycles. The van der Waals surface area contributed by atoms with E-state index in [1.807, 2.05) is 19.1 Å². The Balaban J connectivity index is 1.67. The average Bonchev–Trinajstić information content (AvgIpc) is 3.16. The van der Waals surface area contributed by atoms with Gasteiger partial charge in [0.15, 0.2) is 0 Å². The largest absolute Gasteiger partial charge is 0.496 e. The number of carbonyl (C=O) groups excluding carboxylic acids is 1. The van der Waals surface area contributed by atoms with Crippen LogP contribution in [0.5, 0.6) is 5.75 Å². The molecule has 4 rings (SSSR count). The lowest BCUT2D eigenvalue weighted by Gasteiger charge is -2.22. The summed E-state index contributed by atoms with van der Waals surface area (Å²) in [6.45, 7) is 1.90. The van der Waals surface area contributed by atoms with Gasteiger partial charge in [-0.3, -0.25) is 4.79 Å². The van der Waals surface area contributed by atoms with Crippen LogP contribution in [-0.2, 0) is 4.79 Å². The third-order valence-electron chi connectivity index (χ3n) is 5.77. The van der Waals surface area contributed by atoms with E-state index in [1.165, 1.54) is 31.4 Å². The number of hydrogen-bond donors (Lipinski definition) is 1. The monoisotopic (exact) mass is 407 g/mol. The second-order valence-corrected chi connectivity index (χ2v) is 7.88. The van der Waals surface area contributed by atoms with Crippen LogP contribution in [0.2, 0.25) is 0 Å². The van der Waals surface area contributed by atoms with E-state index in [0.717, 1.165) is 40.5 Å². The maximum Gasteiger partial charge on any atom is 0.244 e. The van der Waals surface area contributed by atoms with Gasteiger partial charge in [0, 0.05) is 34.7 Å². The van der Waals surface area contributed by atoms with Crippen molar-refractivity contribution >= 4 is 22.4 Å². The molecule has 1 saturated carbocycles. The maximum atomic E-state index is 13.3. The molecule has 1 amide bonds. The van der Waals surface area contributed by atoms with Crippen molar-refractivity contribution in [3.63, 3.8) is 0 Å². The summed E-state index contributed by atoms with van der Waals surface area (Å²) < 4.78 is 24.6. The van der Waals surface area contributed by atoms with Crippen molar-refractivity contribution in [2.45, 2.75) is 45.1 Å². The van der Waals surface area contributed by atoms with E-state index >= 15 is 0 Å². The first-order chi connectivity index (χ1) is 14.5. The summed E-state index contributed by atoms with van der Waals surface area (Å²) in [5.74, 6) is 0.283. The zero-order chi connectivity index (χ0) is 21.1. The quantitative estimate of drug-likeness (QED) is 0.520. The van der Waals surface area contributed by atoms with Crippen molar-refractivity contribution in [2.24, 2.45) is 0 Å². The summed E-state index contributed by atoms with van der Waals surface area (Å²) in [5, 5.41) is 4.01. The topological polar surface area (TPSA) is 51.5 Å². The minimum Gasteiger partial charge on any atom is -0.496 e. The Kier molecular flexibility index (Phi) is 5.88. The van der Waals surface area contributed by atoms with Gasteiger partial charge in [0.2, 0.25) is 5.91 Å². The van der Waals surface area contributed by atoms with Crippen LogP contribution in [0, 0.1) is 5.82 Å². The number of allylic oxidation sites excluding steroid dienone is 1. The zero-order valence-electron chi connectivity index (χ0n) is 17.3. The van der Waals surface area contributed by atoms with Crippen molar-refractivity contribution in [2.75, 3.05) is 7.11 Å². The smallest absolute Gasteiger partial charge is 0.244 e. The molecule has 2 aromatic carbocycles. The molecule has 1 N–H and O–H groups in total.